The zero-order chi connectivity index (χ0) is 16.6. The number of β-lactam (4-membered cyclic amide) rings is 1. The summed E-state index contributed by atoms with van der Waals surface area (Å²) in [7, 11) is 0. The maximum absolute atomic E-state index is 12.9. The molecule has 3 heteroatoms. The zero-order valence-corrected chi connectivity index (χ0v) is 14.2. The van der Waals surface area contributed by atoms with Crippen LogP contribution in [0.1, 0.15) is 51.0 Å². The molecule has 0 bridgehead atoms. The van der Waals surface area contributed by atoms with Crippen LogP contribution in [0.25, 0.3) is 0 Å². The number of carbonyl (C=O) groups excluding carboxylic acids is 1. The fraction of sp³-hybridized carbons (Fsp3) is 0.400. The number of carbonyl (C=O) groups is 1. The van der Waals surface area contributed by atoms with Crippen molar-refractivity contribution in [3.05, 3.63) is 66.0 Å². The molecule has 2 aromatic rings. The van der Waals surface area contributed by atoms with Gasteiger partial charge in [-0.1, -0.05) is 57.2 Å². The first-order chi connectivity index (χ1) is 10.9. The molecule has 120 valence electrons. The summed E-state index contributed by atoms with van der Waals surface area (Å²) in [6.07, 6.45) is 1.81. The van der Waals surface area contributed by atoms with E-state index in [0.717, 1.165) is 11.3 Å². The first-order valence-electron chi connectivity index (χ1n) is 8.19. The normalized spacial score (nSPS) is 22.6. The molecular formula is C20H24N2O. The highest BCUT2D eigenvalue weighted by molar-refractivity contribution is 5.87. The van der Waals surface area contributed by atoms with Gasteiger partial charge in [0.15, 0.2) is 0 Å². The highest BCUT2D eigenvalue weighted by Crippen LogP contribution is 2.51. The van der Waals surface area contributed by atoms with E-state index in [9.17, 15) is 4.79 Å². The van der Waals surface area contributed by atoms with Crippen LogP contribution in [-0.2, 0) is 4.79 Å². The minimum atomic E-state index is -0.0772. The molecule has 1 amide bonds. The largest absolute Gasteiger partial charge is 0.326 e. The van der Waals surface area contributed by atoms with Crippen molar-refractivity contribution in [3.63, 3.8) is 0 Å². The minimum absolute atomic E-state index is 0.0245. The molecule has 0 saturated carbocycles. The van der Waals surface area contributed by atoms with Crippen molar-refractivity contribution in [2.24, 2.45) is 11.3 Å². The van der Waals surface area contributed by atoms with Crippen LogP contribution >= 0.6 is 0 Å². The van der Waals surface area contributed by atoms with Crippen molar-refractivity contribution in [1.82, 2.24) is 9.88 Å². The Morgan fingerprint density at radius 2 is 1.70 bits per heavy atom. The van der Waals surface area contributed by atoms with E-state index in [-0.39, 0.29) is 29.3 Å². The summed E-state index contributed by atoms with van der Waals surface area (Å²) < 4.78 is 0. The standard InChI is InChI=1S/C20H24N2O/c1-14(15-10-6-5-7-11-15)22-18(16-12-8-9-13-21-16)17(19(22)23)20(2,3)4/h5-14,17-18H,1-4H3. The van der Waals surface area contributed by atoms with Gasteiger partial charge in [-0.3, -0.25) is 9.78 Å². The van der Waals surface area contributed by atoms with Crippen LogP contribution in [0, 0.1) is 11.3 Å². The Bertz CT molecular complexity index is 676. The number of pyridine rings is 1. The molecule has 1 aliphatic rings. The Kier molecular flexibility index (Phi) is 3.97. The van der Waals surface area contributed by atoms with E-state index in [2.05, 4.69) is 44.8 Å². The second-order valence-corrected chi connectivity index (χ2v) is 7.38. The summed E-state index contributed by atoms with van der Waals surface area (Å²) in [5.74, 6) is 0.202. The third-order valence-corrected chi connectivity index (χ3v) is 4.76. The van der Waals surface area contributed by atoms with Gasteiger partial charge in [0.25, 0.3) is 0 Å². The van der Waals surface area contributed by atoms with E-state index < -0.39 is 0 Å². The van der Waals surface area contributed by atoms with Crippen LogP contribution in [0.3, 0.4) is 0 Å². The molecule has 3 nitrogen and oxygen atoms in total. The van der Waals surface area contributed by atoms with Gasteiger partial charge < -0.3 is 4.90 Å². The van der Waals surface area contributed by atoms with Gasteiger partial charge in [0.2, 0.25) is 5.91 Å². The van der Waals surface area contributed by atoms with E-state index in [1.807, 2.05) is 47.5 Å². The van der Waals surface area contributed by atoms with E-state index in [0.29, 0.717) is 0 Å². The summed E-state index contributed by atoms with van der Waals surface area (Å²) >= 11 is 0. The number of hydrogen-bond donors (Lipinski definition) is 0. The Morgan fingerprint density at radius 1 is 1.04 bits per heavy atom. The molecule has 1 fully saturated rings. The summed E-state index contributed by atoms with van der Waals surface area (Å²) in [4.78, 5) is 19.4. The van der Waals surface area contributed by atoms with Gasteiger partial charge in [-0.2, -0.15) is 0 Å². The molecule has 0 aliphatic carbocycles. The molecule has 0 spiro atoms. The molecule has 1 aromatic heterocycles. The number of benzene rings is 1. The number of likely N-dealkylation sites (tertiary alicyclic amines) is 1. The van der Waals surface area contributed by atoms with Crippen LogP contribution in [-0.4, -0.2) is 15.8 Å². The highest BCUT2D eigenvalue weighted by Gasteiger charge is 2.55. The molecular weight excluding hydrogens is 284 g/mol. The number of hydrogen-bond acceptors (Lipinski definition) is 2. The molecule has 3 unspecified atom stereocenters. The Labute approximate surface area is 138 Å². The SMILES string of the molecule is CC(c1ccccc1)N1C(=O)C(C(C)(C)C)C1c1ccccn1. The predicted octanol–water partition coefficient (Wildman–Crippen LogP) is 4.39. The van der Waals surface area contributed by atoms with Crippen LogP contribution < -0.4 is 0 Å². The minimum Gasteiger partial charge on any atom is -0.326 e. The monoisotopic (exact) mass is 308 g/mol. The summed E-state index contributed by atoms with van der Waals surface area (Å²) in [5.41, 5.74) is 2.07. The lowest BCUT2D eigenvalue weighted by atomic mass is 9.67. The molecule has 1 saturated heterocycles. The third kappa shape index (κ3) is 2.76. The van der Waals surface area contributed by atoms with Crippen LogP contribution in [0.15, 0.2) is 54.7 Å². The first kappa shape index (κ1) is 15.7. The highest BCUT2D eigenvalue weighted by atomic mass is 16.2. The first-order valence-corrected chi connectivity index (χ1v) is 8.19. The molecule has 0 N–H and O–H groups in total. The average molecular weight is 308 g/mol. The number of nitrogens with zero attached hydrogens (tertiary/aromatic N) is 2. The molecule has 0 radical (unpaired) electrons. The quantitative estimate of drug-likeness (QED) is 0.788. The Morgan fingerprint density at radius 3 is 2.26 bits per heavy atom. The van der Waals surface area contributed by atoms with E-state index in [1.165, 1.54) is 0 Å². The number of amides is 1. The molecule has 1 aliphatic heterocycles. The Hall–Kier alpha value is -2.16. The smallest absolute Gasteiger partial charge is 0.229 e. The lowest BCUT2D eigenvalue weighted by Gasteiger charge is -2.54. The van der Waals surface area contributed by atoms with Gasteiger partial charge in [-0.25, -0.2) is 0 Å². The second-order valence-electron chi connectivity index (χ2n) is 7.38. The van der Waals surface area contributed by atoms with Crippen molar-refractivity contribution in [1.29, 1.82) is 0 Å². The molecule has 23 heavy (non-hydrogen) atoms. The van der Waals surface area contributed by atoms with E-state index in [1.54, 1.807) is 0 Å². The van der Waals surface area contributed by atoms with Crippen LogP contribution in [0.5, 0.6) is 0 Å². The van der Waals surface area contributed by atoms with Gasteiger partial charge >= 0.3 is 0 Å². The van der Waals surface area contributed by atoms with Crippen molar-refractivity contribution in [2.75, 3.05) is 0 Å². The summed E-state index contributed by atoms with van der Waals surface area (Å²) in [6, 6.07) is 16.2. The molecule has 3 rings (SSSR count). The average Bonchev–Trinajstić information content (AvgIpc) is 2.52. The third-order valence-electron chi connectivity index (χ3n) is 4.76. The lowest BCUT2D eigenvalue weighted by Crippen LogP contribution is -2.60. The molecule has 3 atom stereocenters. The van der Waals surface area contributed by atoms with Gasteiger partial charge in [-0.15, -0.1) is 0 Å². The Balaban J connectivity index is 1.97. The van der Waals surface area contributed by atoms with Gasteiger partial charge in [0, 0.05) is 6.20 Å². The van der Waals surface area contributed by atoms with Crippen molar-refractivity contribution < 1.29 is 4.79 Å². The molecule has 1 aromatic carbocycles. The van der Waals surface area contributed by atoms with E-state index >= 15 is 0 Å². The fourth-order valence-electron chi connectivity index (χ4n) is 3.54. The van der Waals surface area contributed by atoms with Crippen LogP contribution in [0.4, 0.5) is 0 Å². The second kappa shape index (κ2) is 5.80. The number of aromatic nitrogens is 1. The van der Waals surface area contributed by atoms with E-state index in [4.69, 9.17) is 0 Å². The van der Waals surface area contributed by atoms with Crippen molar-refractivity contribution >= 4 is 5.91 Å². The number of rotatable bonds is 3. The van der Waals surface area contributed by atoms with Crippen LogP contribution in [0.2, 0.25) is 0 Å². The maximum atomic E-state index is 12.9. The van der Waals surface area contributed by atoms with Crippen molar-refractivity contribution in [2.45, 2.75) is 39.8 Å². The lowest BCUT2D eigenvalue weighted by molar-refractivity contribution is -0.170. The van der Waals surface area contributed by atoms with Gasteiger partial charge in [0.05, 0.1) is 23.7 Å². The van der Waals surface area contributed by atoms with Crippen molar-refractivity contribution in [3.8, 4) is 0 Å². The zero-order valence-electron chi connectivity index (χ0n) is 14.2. The predicted molar refractivity (Wildman–Crippen MR) is 91.6 cm³/mol. The van der Waals surface area contributed by atoms with Gasteiger partial charge in [-0.05, 0) is 30.0 Å². The summed E-state index contributed by atoms with van der Waals surface area (Å²) in [5, 5.41) is 0. The van der Waals surface area contributed by atoms with Gasteiger partial charge in [0.1, 0.15) is 0 Å². The topological polar surface area (TPSA) is 33.2 Å². The fourth-order valence-corrected chi connectivity index (χ4v) is 3.54. The molecule has 2 heterocycles. The maximum Gasteiger partial charge on any atom is 0.229 e. The summed E-state index contributed by atoms with van der Waals surface area (Å²) in [6.45, 7) is 8.50.